The number of aromatic nitrogens is 1. The van der Waals surface area contributed by atoms with Crippen molar-refractivity contribution in [3.63, 3.8) is 0 Å². The fourth-order valence-electron chi connectivity index (χ4n) is 1.68. The van der Waals surface area contributed by atoms with E-state index < -0.39 is 17.7 Å². The number of nitrogens with one attached hydrogen (secondary N) is 2. The van der Waals surface area contributed by atoms with E-state index in [1.54, 1.807) is 0 Å². The second kappa shape index (κ2) is 5.89. The van der Waals surface area contributed by atoms with E-state index in [-0.39, 0.29) is 5.69 Å². The van der Waals surface area contributed by atoms with Crippen molar-refractivity contribution in [2.45, 2.75) is 12.8 Å². The van der Waals surface area contributed by atoms with Crippen molar-refractivity contribution in [2.75, 3.05) is 18.4 Å². The molecule has 1 aromatic heterocycles. The minimum atomic E-state index is -1.04. The number of anilines is 1. The molecule has 2 amide bonds. The van der Waals surface area contributed by atoms with Crippen LogP contribution in [0.15, 0.2) is 23.1 Å². The lowest BCUT2D eigenvalue weighted by atomic mass is 10.4. The summed E-state index contributed by atoms with van der Waals surface area (Å²) in [5, 5.41) is 2.16. The molecule has 8 nitrogen and oxygen atoms in total. The van der Waals surface area contributed by atoms with Crippen LogP contribution in [-0.4, -0.2) is 35.2 Å². The fraction of sp³-hybridized carbons (Fsp3) is 0.364. The largest absolute Gasteiger partial charge is 0.455 e. The standard InChI is InChI=1S/C11H13N3O5/c15-9-8(4-3-5-12-9)13-10(16)18-19-11(17)14-6-1-2-7-14/h3-5H,1-2,6-7H2,(H,12,15)(H,13,16). The van der Waals surface area contributed by atoms with Crippen LogP contribution in [0.2, 0.25) is 0 Å². The average molecular weight is 267 g/mol. The number of likely N-dealkylation sites (tertiary alicyclic amines) is 1. The molecule has 102 valence electrons. The normalized spacial score (nSPS) is 14.0. The van der Waals surface area contributed by atoms with Crippen LogP contribution in [0.3, 0.4) is 0 Å². The first-order valence-electron chi connectivity index (χ1n) is 5.79. The third-order valence-electron chi connectivity index (χ3n) is 2.61. The number of aromatic amines is 1. The highest BCUT2D eigenvalue weighted by atomic mass is 17.2. The Morgan fingerprint density at radius 2 is 2.00 bits per heavy atom. The predicted octanol–water partition coefficient (Wildman–Crippen LogP) is 1.07. The second-order valence-corrected chi connectivity index (χ2v) is 3.95. The predicted molar refractivity (Wildman–Crippen MR) is 64.5 cm³/mol. The average Bonchev–Trinajstić information content (AvgIpc) is 2.93. The number of amides is 2. The summed E-state index contributed by atoms with van der Waals surface area (Å²) in [7, 11) is 0. The Balaban J connectivity index is 1.80. The minimum absolute atomic E-state index is 0.00437. The molecule has 1 saturated heterocycles. The van der Waals surface area contributed by atoms with Crippen LogP contribution in [0.1, 0.15) is 12.8 Å². The summed E-state index contributed by atoms with van der Waals surface area (Å²) in [5.41, 5.74) is -0.477. The summed E-state index contributed by atoms with van der Waals surface area (Å²) in [6.07, 6.45) is 1.48. The summed E-state index contributed by atoms with van der Waals surface area (Å²) >= 11 is 0. The van der Waals surface area contributed by atoms with Crippen LogP contribution in [0.4, 0.5) is 15.3 Å². The minimum Gasteiger partial charge on any atom is -0.327 e. The molecular weight excluding hydrogens is 254 g/mol. The molecule has 1 aliphatic rings. The summed E-state index contributed by atoms with van der Waals surface area (Å²) < 4.78 is 0. The maximum atomic E-state index is 11.4. The van der Waals surface area contributed by atoms with Gasteiger partial charge in [-0.2, -0.15) is 0 Å². The second-order valence-electron chi connectivity index (χ2n) is 3.95. The fourth-order valence-corrected chi connectivity index (χ4v) is 1.68. The Morgan fingerprint density at radius 3 is 2.68 bits per heavy atom. The Bertz CT molecular complexity index is 521. The molecule has 1 aromatic rings. The number of hydrogen-bond acceptors (Lipinski definition) is 5. The van der Waals surface area contributed by atoms with Crippen LogP contribution in [0.25, 0.3) is 0 Å². The van der Waals surface area contributed by atoms with E-state index in [1.165, 1.54) is 23.2 Å². The lowest BCUT2D eigenvalue weighted by molar-refractivity contribution is -0.182. The van der Waals surface area contributed by atoms with Crippen molar-refractivity contribution >= 4 is 17.9 Å². The van der Waals surface area contributed by atoms with Crippen LogP contribution >= 0.6 is 0 Å². The van der Waals surface area contributed by atoms with E-state index in [4.69, 9.17) is 0 Å². The van der Waals surface area contributed by atoms with Gasteiger partial charge in [0.1, 0.15) is 5.69 Å². The smallest absolute Gasteiger partial charge is 0.327 e. The SMILES string of the molecule is O=C(Nc1ccc[nH]c1=O)OOC(=O)N1CCCC1. The molecule has 0 radical (unpaired) electrons. The van der Waals surface area contributed by atoms with E-state index in [9.17, 15) is 14.4 Å². The topological polar surface area (TPSA) is 101 Å². The molecule has 0 unspecified atom stereocenters. The number of rotatable bonds is 1. The third kappa shape index (κ3) is 3.47. The van der Waals surface area contributed by atoms with Gasteiger partial charge in [-0.25, -0.2) is 19.4 Å². The zero-order valence-corrected chi connectivity index (χ0v) is 10.0. The van der Waals surface area contributed by atoms with Gasteiger partial charge in [0, 0.05) is 19.3 Å². The van der Waals surface area contributed by atoms with Crippen molar-refractivity contribution < 1.29 is 19.4 Å². The van der Waals surface area contributed by atoms with Gasteiger partial charge in [0.25, 0.3) is 5.56 Å². The maximum Gasteiger partial charge on any atom is 0.455 e. The van der Waals surface area contributed by atoms with Gasteiger partial charge in [0.2, 0.25) is 0 Å². The van der Waals surface area contributed by atoms with Gasteiger partial charge in [0.05, 0.1) is 0 Å². The highest BCUT2D eigenvalue weighted by molar-refractivity contribution is 5.84. The Hall–Kier alpha value is -2.51. The van der Waals surface area contributed by atoms with E-state index in [1.807, 2.05) is 0 Å². The van der Waals surface area contributed by atoms with Crippen molar-refractivity contribution in [3.05, 3.63) is 28.7 Å². The molecule has 0 spiro atoms. The molecule has 0 aliphatic carbocycles. The van der Waals surface area contributed by atoms with E-state index in [2.05, 4.69) is 20.1 Å². The molecule has 0 saturated carbocycles. The summed E-state index contributed by atoms with van der Waals surface area (Å²) in [6, 6.07) is 2.93. The number of H-pyrrole nitrogens is 1. The molecule has 2 heterocycles. The molecule has 0 bridgehead atoms. The van der Waals surface area contributed by atoms with Crippen molar-refractivity contribution in [1.29, 1.82) is 0 Å². The van der Waals surface area contributed by atoms with Gasteiger partial charge in [-0.1, -0.05) is 0 Å². The van der Waals surface area contributed by atoms with Gasteiger partial charge in [-0.05, 0) is 25.0 Å². The van der Waals surface area contributed by atoms with Gasteiger partial charge in [0.15, 0.2) is 0 Å². The van der Waals surface area contributed by atoms with Crippen LogP contribution in [0.5, 0.6) is 0 Å². The van der Waals surface area contributed by atoms with Crippen molar-refractivity contribution in [3.8, 4) is 0 Å². The molecular formula is C11H13N3O5. The number of carbonyl (C=O) groups excluding carboxylic acids is 2. The number of nitrogens with zero attached hydrogens (tertiary/aromatic N) is 1. The molecule has 1 fully saturated rings. The first-order chi connectivity index (χ1) is 9.16. The Kier molecular flexibility index (Phi) is 4.01. The van der Waals surface area contributed by atoms with Gasteiger partial charge in [-0.3, -0.25) is 10.1 Å². The Labute approximate surface area is 108 Å². The summed E-state index contributed by atoms with van der Waals surface area (Å²) in [6.45, 7) is 1.17. The van der Waals surface area contributed by atoms with Gasteiger partial charge < -0.3 is 9.88 Å². The van der Waals surface area contributed by atoms with Gasteiger partial charge in [-0.15, -0.1) is 0 Å². The first-order valence-corrected chi connectivity index (χ1v) is 5.79. The molecule has 2 N–H and O–H groups in total. The van der Waals surface area contributed by atoms with Crippen molar-refractivity contribution in [2.24, 2.45) is 0 Å². The van der Waals surface area contributed by atoms with Crippen LogP contribution in [-0.2, 0) is 9.78 Å². The van der Waals surface area contributed by atoms with E-state index in [0.717, 1.165) is 12.8 Å². The monoisotopic (exact) mass is 267 g/mol. The lowest BCUT2D eigenvalue weighted by Gasteiger charge is -2.12. The molecule has 8 heteroatoms. The van der Waals surface area contributed by atoms with E-state index >= 15 is 0 Å². The first kappa shape index (κ1) is 12.9. The zero-order chi connectivity index (χ0) is 13.7. The summed E-state index contributed by atoms with van der Waals surface area (Å²) in [5.74, 6) is 0. The summed E-state index contributed by atoms with van der Waals surface area (Å²) in [4.78, 5) is 46.4. The molecule has 19 heavy (non-hydrogen) atoms. The zero-order valence-electron chi connectivity index (χ0n) is 10.0. The van der Waals surface area contributed by atoms with E-state index in [0.29, 0.717) is 13.1 Å². The molecule has 0 atom stereocenters. The third-order valence-corrected chi connectivity index (χ3v) is 2.61. The highest BCUT2D eigenvalue weighted by Gasteiger charge is 2.21. The highest BCUT2D eigenvalue weighted by Crippen LogP contribution is 2.09. The molecule has 0 aromatic carbocycles. The molecule has 2 rings (SSSR count). The lowest BCUT2D eigenvalue weighted by Crippen LogP contribution is -2.30. The Morgan fingerprint density at radius 1 is 1.26 bits per heavy atom. The van der Waals surface area contributed by atoms with Gasteiger partial charge >= 0.3 is 12.2 Å². The van der Waals surface area contributed by atoms with Crippen molar-refractivity contribution in [1.82, 2.24) is 9.88 Å². The number of carbonyl (C=O) groups is 2. The molecule has 1 aliphatic heterocycles. The van der Waals surface area contributed by atoms with Crippen LogP contribution < -0.4 is 10.9 Å². The maximum absolute atomic E-state index is 11.4. The number of pyridine rings is 1. The quantitative estimate of drug-likeness (QED) is 0.585. The number of hydrogen-bond donors (Lipinski definition) is 2. The van der Waals surface area contributed by atoms with Crippen LogP contribution in [0, 0.1) is 0 Å².